The van der Waals surface area contributed by atoms with Crippen molar-refractivity contribution >= 4 is 23.1 Å². The fraction of sp³-hybridized carbons (Fsp3) is 0.235. The van der Waals surface area contributed by atoms with E-state index in [-0.39, 0.29) is 0 Å². The van der Waals surface area contributed by atoms with Crippen molar-refractivity contribution in [1.29, 1.82) is 0 Å². The van der Waals surface area contributed by atoms with Gasteiger partial charge in [0.15, 0.2) is 5.82 Å². The van der Waals surface area contributed by atoms with Crippen LogP contribution in [0.1, 0.15) is 17.1 Å². The number of methoxy groups -OCH3 is 1. The van der Waals surface area contributed by atoms with Gasteiger partial charge in [-0.2, -0.15) is 0 Å². The van der Waals surface area contributed by atoms with E-state index in [9.17, 15) is 0 Å². The highest BCUT2D eigenvalue weighted by Gasteiger charge is 2.08. The van der Waals surface area contributed by atoms with Gasteiger partial charge >= 0.3 is 0 Å². The molecule has 0 amide bonds. The summed E-state index contributed by atoms with van der Waals surface area (Å²) in [7, 11) is 1.64. The molecule has 0 aliphatic heterocycles. The van der Waals surface area contributed by atoms with Crippen molar-refractivity contribution < 1.29 is 9.26 Å². The van der Waals surface area contributed by atoms with Gasteiger partial charge in [0.1, 0.15) is 29.0 Å². The molecule has 7 heteroatoms. The van der Waals surface area contributed by atoms with E-state index in [1.165, 1.54) is 0 Å². The van der Waals surface area contributed by atoms with E-state index in [0.717, 1.165) is 22.8 Å². The molecular formula is C17H19N5O2. The molecule has 2 aromatic heterocycles. The van der Waals surface area contributed by atoms with Crippen LogP contribution in [0.5, 0.6) is 5.75 Å². The van der Waals surface area contributed by atoms with Gasteiger partial charge in [-0.1, -0.05) is 11.2 Å². The second-order valence-corrected chi connectivity index (χ2v) is 5.46. The Morgan fingerprint density at radius 3 is 2.33 bits per heavy atom. The number of rotatable bonds is 5. The van der Waals surface area contributed by atoms with Crippen molar-refractivity contribution in [3.8, 4) is 5.75 Å². The number of anilines is 4. The predicted molar refractivity (Wildman–Crippen MR) is 92.3 cm³/mol. The van der Waals surface area contributed by atoms with Gasteiger partial charge < -0.3 is 19.9 Å². The third-order valence-electron chi connectivity index (χ3n) is 3.34. The molecule has 1 aromatic carbocycles. The molecule has 2 N–H and O–H groups in total. The summed E-state index contributed by atoms with van der Waals surface area (Å²) in [6, 6.07) is 9.52. The van der Waals surface area contributed by atoms with E-state index in [1.54, 1.807) is 19.2 Å². The smallest absolute Gasteiger partial charge is 0.175 e. The number of benzene rings is 1. The van der Waals surface area contributed by atoms with E-state index in [2.05, 4.69) is 25.8 Å². The Balaban J connectivity index is 1.87. The minimum Gasteiger partial charge on any atom is -0.495 e. The SMILES string of the molecule is COc1ccc(C)cc1Nc1cc(Nc2cc(C)on2)nc(C)n1. The van der Waals surface area contributed by atoms with Crippen LogP contribution in [0.3, 0.4) is 0 Å². The number of ether oxygens (including phenoxy) is 1. The zero-order valence-corrected chi connectivity index (χ0v) is 14.0. The Labute approximate surface area is 140 Å². The van der Waals surface area contributed by atoms with Crippen molar-refractivity contribution in [3.05, 3.63) is 47.5 Å². The van der Waals surface area contributed by atoms with Crippen LogP contribution in [0.2, 0.25) is 0 Å². The van der Waals surface area contributed by atoms with Crippen molar-refractivity contribution in [2.24, 2.45) is 0 Å². The summed E-state index contributed by atoms with van der Waals surface area (Å²) in [5, 5.41) is 10.3. The first-order valence-corrected chi connectivity index (χ1v) is 7.51. The number of nitrogens with one attached hydrogen (secondary N) is 2. The first-order chi connectivity index (χ1) is 11.5. The lowest BCUT2D eigenvalue weighted by Crippen LogP contribution is -2.02. The van der Waals surface area contributed by atoms with Crippen LogP contribution >= 0.6 is 0 Å². The minimum atomic E-state index is 0.602. The molecule has 0 saturated carbocycles. The van der Waals surface area contributed by atoms with Gasteiger partial charge in [0, 0.05) is 12.1 Å². The maximum absolute atomic E-state index is 5.39. The second kappa shape index (κ2) is 6.57. The van der Waals surface area contributed by atoms with Crippen LogP contribution in [-0.4, -0.2) is 22.2 Å². The summed E-state index contributed by atoms with van der Waals surface area (Å²) in [5.74, 6) is 4.00. The van der Waals surface area contributed by atoms with E-state index in [4.69, 9.17) is 9.26 Å². The molecule has 7 nitrogen and oxygen atoms in total. The molecule has 0 fully saturated rings. The van der Waals surface area contributed by atoms with E-state index in [0.29, 0.717) is 23.3 Å². The maximum atomic E-state index is 5.39. The largest absolute Gasteiger partial charge is 0.495 e. The third-order valence-corrected chi connectivity index (χ3v) is 3.34. The van der Waals surface area contributed by atoms with Gasteiger partial charge in [-0.25, -0.2) is 9.97 Å². The Hall–Kier alpha value is -3.09. The predicted octanol–water partition coefficient (Wildman–Crippen LogP) is 3.89. The minimum absolute atomic E-state index is 0.602. The van der Waals surface area contributed by atoms with Gasteiger partial charge in [-0.05, 0) is 38.5 Å². The molecule has 24 heavy (non-hydrogen) atoms. The monoisotopic (exact) mass is 325 g/mol. The van der Waals surface area contributed by atoms with E-state index >= 15 is 0 Å². The molecule has 3 aromatic rings. The lowest BCUT2D eigenvalue weighted by Gasteiger charge is -2.12. The van der Waals surface area contributed by atoms with E-state index in [1.807, 2.05) is 39.0 Å². The van der Waals surface area contributed by atoms with Crippen LogP contribution in [0, 0.1) is 20.8 Å². The Morgan fingerprint density at radius 1 is 0.917 bits per heavy atom. The average Bonchev–Trinajstić information content (AvgIpc) is 2.92. The topological polar surface area (TPSA) is 85.1 Å². The van der Waals surface area contributed by atoms with Crippen LogP contribution in [0.4, 0.5) is 23.1 Å². The molecule has 3 rings (SSSR count). The molecular weight excluding hydrogens is 306 g/mol. The van der Waals surface area contributed by atoms with Crippen LogP contribution in [-0.2, 0) is 0 Å². The summed E-state index contributed by atoms with van der Waals surface area (Å²) in [4.78, 5) is 8.78. The van der Waals surface area contributed by atoms with E-state index < -0.39 is 0 Å². The quantitative estimate of drug-likeness (QED) is 0.736. The number of aromatic nitrogens is 3. The lowest BCUT2D eigenvalue weighted by molar-refractivity contribution is 0.400. The summed E-state index contributed by atoms with van der Waals surface area (Å²) >= 11 is 0. The van der Waals surface area contributed by atoms with Crippen molar-refractivity contribution in [2.75, 3.05) is 17.7 Å². The van der Waals surface area contributed by atoms with Crippen LogP contribution in [0.25, 0.3) is 0 Å². The first-order valence-electron chi connectivity index (χ1n) is 7.51. The van der Waals surface area contributed by atoms with Crippen molar-refractivity contribution in [2.45, 2.75) is 20.8 Å². The summed E-state index contributed by atoms with van der Waals surface area (Å²) in [6.07, 6.45) is 0. The van der Waals surface area contributed by atoms with Gasteiger partial charge in [0.25, 0.3) is 0 Å². The number of aryl methyl sites for hydroxylation is 3. The van der Waals surface area contributed by atoms with Gasteiger partial charge in [-0.15, -0.1) is 0 Å². The van der Waals surface area contributed by atoms with Crippen molar-refractivity contribution in [3.63, 3.8) is 0 Å². The fourth-order valence-corrected chi connectivity index (χ4v) is 2.31. The molecule has 124 valence electrons. The Bertz CT molecular complexity index is 860. The molecule has 0 aliphatic carbocycles. The first kappa shape index (κ1) is 15.8. The standard InChI is InChI=1S/C17H19N5O2/c1-10-5-6-14(23-4)13(7-10)20-15-9-16(19-12(3)18-15)21-17-8-11(2)24-22-17/h5-9H,1-4H3,(H2,18,19,20,21,22). The molecule has 0 saturated heterocycles. The highest BCUT2D eigenvalue weighted by molar-refractivity contribution is 5.67. The van der Waals surface area contributed by atoms with Crippen LogP contribution in [0.15, 0.2) is 34.9 Å². The molecule has 0 radical (unpaired) electrons. The van der Waals surface area contributed by atoms with Crippen molar-refractivity contribution in [1.82, 2.24) is 15.1 Å². The molecule has 0 unspecified atom stereocenters. The summed E-state index contributed by atoms with van der Waals surface area (Å²) in [6.45, 7) is 5.69. The number of hydrogen-bond acceptors (Lipinski definition) is 7. The Kier molecular flexibility index (Phi) is 4.33. The highest BCUT2D eigenvalue weighted by Crippen LogP contribution is 2.28. The molecule has 2 heterocycles. The van der Waals surface area contributed by atoms with Gasteiger partial charge in [0.05, 0.1) is 12.8 Å². The zero-order chi connectivity index (χ0) is 17.1. The highest BCUT2D eigenvalue weighted by atomic mass is 16.5. The molecule has 0 aliphatic rings. The van der Waals surface area contributed by atoms with Gasteiger partial charge in [-0.3, -0.25) is 0 Å². The zero-order valence-electron chi connectivity index (χ0n) is 14.0. The molecule has 0 atom stereocenters. The summed E-state index contributed by atoms with van der Waals surface area (Å²) in [5.41, 5.74) is 1.97. The maximum Gasteiger partial charge on any atom is 0.175 e. The van der Waals surface area contributed by atoms with Gasteiger partial charge in [0.2, 0.25) is 0 Å². The number of nitrogens with zero attached hydrogens (tertiary/aromatic N) is 3. The fourth-order valence-electron chi connectivity index (χ4n) is 2.31. The average molecular weight is 325 g/mol. The third kappa shape index (κ3) is 3.62. The second-order valence-electron chi connectivity index (χ2n) is 5.46. The summed E-state index contributed by atoms with van der Waals surface area (Å²) < 4.78 is 10.4. The molecule has 0 spiro atoms. The number of hydrogen-bond donors (Lipinski definition) is 2. The lowest BCUT2D eigenvalue weighted by atomic mass is 10.2. The van der Waals surface area contributed by atoms with Crippen LogP contribution < -0.4 is 15.4 Å². The Morgan fingerprint density at radius 2 is 1.67 bits per heavy atom. The normalized spacial score (nSPS) is 10.5. The molecule has 0 bridgehead atoms.